The van der Waals surface area contributed by atoms with Crippen LogP contribution in [0.25, 0.3) is 0 Å². The largest absolute Gasteiger partial charge is 0.481 e. The van der Waals surface area contributed by atoms with Crippen LogP contribution in [0, 0.1) is 0 Å². The number of amides is 6. The summed E-state index contributed by atoms with van der Waals surface area (Å²) in [5.74, 6) is 0.324. The Kier molecular flexibility index (Phi) is 22.4. The fourth-order valence-electron chi connectivity index (χ4n) is 8.74. The summed E-state index contributed by atoms with van der Waals surface area (Å²) in [5.41, 5.74) is 17.0. The first-order valence-electron chi connectivity index (χ1n) is 27.6. The summed E-state index contributed by atoms with van der Waals surface area (Å²) in [7, 11) is 6.82. The number of pyridine rings is 3. The number of nitrogens with zero attached hydrogens (tertiary/aromatic N) is 9. The van der Waals surface area contributed by atoms with Gasteiger partial charge in [0.2, 0.25) is 23.6 Å². The molecule has 438 valence electrons. The van der Waals surface area contributed by atoms with Crippen molar-refractivity contribution in [2.75, 3.05) is 48.7 Å². The average molecular weight is 1170 g/mol. The van der Waals surface area contributed by atoms with Gasteiger partial charge in [0.25, 0.3) is 17.7 Å². The highest BCUT2D eigenvalue weighted by Gasteiger charge is 2.21. The predicted octanol–water partition coefficient (Wildman–Crippen LogP) is 8.79. The van der Waals surface area contributed by atoms with E-state index in [4.69, 9.17) is 22.1 Å². The second-order valence-electron chi connectivity index (χ2n) is 19.3. The van der Waals surface area contributed by atoms with E-state index < -0.39 is 0 Å². The Bertz CT molecular complexity index is 3460. The standard InChI is InChI=1S/C22H24N4O3.C21H21ClN4O2.C21H23N5O2/c1-4-20(27)26(2)17-9-7-15(8-10-17)18-11-12-19(25-18)21(28)24-14-16-6-5-13-23-22(16)29-3;2*1-3-19(27)26(2)16-8-6-14(7-9-16)17-10-11-18(25-17)21(28)24-13-15-5-4-12-23-20(15)22/h5-10,12-13H,4,11,14H2,1-3H3,(H,24,28);4-9,11-12H,3,10,13H2,1-2H3,(H,24,28);4-9,11-12H,3,10,13H2,1-2H3,(H2,22,23)(H,24,28). The van der Waals surface area contributed by atoms with E-state index in [0.717, 1.165) is 67.6 Å². The van der Waals surface area contributed by atoms with Crippen LogP contribution in [0.15, 0.2) is 178 Å². The van der Waals surface area contributed by atoms with Crippen molar-refractivity contribution in [1.29, 1.82) is 0 Å². The summed E-state index contributed by atoms with van der Waals surface area (Å²) in [6, 6.07) is 33.6. The maximum absolute atomic E-state index is 12.5. The van der Waals surface area contributed by atoms with Gasteiger partial charge < -0.3 is 41.1 Å². The first-order chi connectivity index (χ1) is 41.0. The van der Waals surface area contributed by atoms with Gasteiger partial charge in [0.05, 0.1) is 24.2 Å². The quantitative estimate of drug-likeness (QED) is 0.0557. The number of nitrogen functional groups attached to an aromatic ring is 1. The number of benzene rings is 3. The molecule has 85 heavy (non-hydrogen) atoms. The number of rotatable bonds is 19. The number of ether oxygens (including phenoxy) is 1. The van der Waals surface area contributed by atoms with Crippen LogP contribution in [-0.4, -0.2) is 95.8 Å². The summed E-state index contributed by atoms with van der Waals surface area (Å²) in [4.78, 5) is 103. The number of aromatic nitrogens is 3. The number of nitrogens with one attached hydrogen (secondary N) is 3. The van der Waals surface area contributed by atoms with Crippen molar-refractivity contribution >= 4 is 87.1 Å². The third kappa shape index (κ3) is 16.8. The fourth-order valence-corrected chi connectivity index (χ4v) is 8.92. The van der Waals surface area contributed by atoms with Crippen LogP contribution in [0.1, 0.15) is 92.7 Å². The van der Waals surface area contributed by atoms with E-state index in [1.807, 2.05) is 118 Å². The summed E-state index contributed by atoms with van der Waals surface area (Å²) in [6.07, 6.45) is 13.4. The third-order valence-corrected chi connectivity index (χ3v) is 14.2. The van der Waals surface area contributed by atoms with Gasteiger partial charge in [-0.15, -0.1) is 0 Å². The summed E-state index contributed by atoms with van der Waals surface area (Å²) in [5, 5.41) is 8.86. The van der Waals surface area contributed by atoms with Crippen LogP contribution in [0.3, 0.4) is 0 Å². The van der Waals surface area contributed by atoms with E-state index in [1.54, 1.807) is 91.9 Å². The first-order valence-corrected chi connectivity index (χ1v) is 27.9. The van der Waals surface area contributed by atoms with Crippen LogP contribution in [-0.2, 0) is 48.4 Å². The van der Waals surface area contributed by atoms with Crippen molar-refractivity contribution < 1.29 is 33.5 Å². The van der Waals surface area contributed by atoms with E-state index in [0.29, 0.717) is 92.1 Å². The van der Waals surface area contributed by atoms with Crippen LogP contribution in [0.5, 0.6) is 5.88 Å². The molecule has 21 heteroatoms. The van der Waals surface area contributed by atoms with Gasteiger partial charge >= 0.3 is 0 Å². The molecule has 0 radical (unpaired) electrons. The summed E-state index contributed by atoms with van der Waals surface area (Å²) < 4.78 is 5.20. The highest BCUT2D eigenvalue weighted by Crippen LogP contribution is 2.25. The van der Waals surface area contributed by atoms with E-state index in [2.05, 4.69) is 45.9 Å². The number of hydrogen-bond acceptors (Lipinski definition) is 14. The van der Waals surface area contributed by atoms with Gasteiger partial charge in [0.1, 0.15) is 28.1 Å². The smallest absolute Gasteiger partial charge is 0.269 e. The number of methoxy groups -OCH3 is 1. The lowest BCUT2D eigenvalue weighted by Crippen LogP contribution is -2.25. The molecule has 3 aromatic carbocycles. The lowest BCUT2D eigenvalue weighted by Gasteiger charge is -2.16. The zero-order valence-corrected chi connectivity index (χ0v) is 49.3. The number of hydrogen-bond donors (Lipinski definition) is 4. The Labute approximate surface area is 499 Å². The molecule has 5 N–H and O–H groups in total. The Balaban J connectivity index is 0.000000183. The lowest BCUT2D eigenvalue weighted by molar-refractivity contribution is -0.118. The zero-order valence-electron chi connectivity index (χ0n) is 48.6. The Hall–Kier alpha value is -9.95. The number of carbonyl (C=O) groups excluding carboxylic acids is 6. The molecule has 0 aliphatic carbocycles. The van der Waals surface area contributed by atoms with Crippen LogP contribution >= 0.6 is 11.6 Å². The highest BCUT2D eigenvalue weighted by molar-refractivity contribution is 6.30. The van der Waals surface area contributed by atoms with Gasteiger partial charge in [0, 0.05) is 132 Å². The number of carbonyl (C=O) groups is 6. The van der Waals surface area contributed by atoms with Gasteiger partial charge in [-0.05, 0) is 89.5 Å². The van der Waals surface area contributed by atoms with E-state index in [1.165, 1.54) is 0 Å². The molecular weight excluding hydrogens is 1100 g/mol. The second kappa shape index (κ2) is 30.4. The maximum Gasteiger partial charge on any atom is 0.269 e. The normalized spacial score (nSPS) is 12.9. The van der Waals surface area contributed by atoms with Crippen LogP contribution < -0.4 is 41.1 Å². The number of nitrogens with two attached hydrogens (primary N) is 1. The molecule has 0 atom stereocenters. The topological polar surface area (TPSA) is 259 Å². The van der Waals surface area contributed by atoms with Crippen molar-refractivity contribution in [2.45, 2.75) is 78.9 Å². The van der Waals surface area contributed by atoms with Gasteiger partial charge in [-0.1, -0.05) is 87.0 Å². The van der Waals surface area contributed by atoms with Crippen molar-refractivity contribution in [1.82, 2.24) is 30.9 Å². The van der Waals surface area contributed by atoms with Gasteiger partial charge in [-0.2, -0.15) is 0 Å². The first kappa shape index (κ1) is 62.6. The molecule has 0 unspecified atom stereocenters. The number of anilines is 4. The second-order valence-corrected chi connectivity index (χ2v) is 19.7. The monoisotopic (exact) mass is 1170 g/mol. The number of halogens is 1. The minimum atomic E-state index is -0.250. The molecule has 6 aromatic rings. The SMILES string of the molecule is CCC(=O)N(C)c1ccc(C2=NC(C(=O)NCc3cccnc3Cl)=CC2)cc1.CCC(=O)N(C)c1ccc(C2=NC(C(=O)NCc3cccnc3N)=CC2)cc1.CCC(=O)N(C)c1ccc(C2=NC(C(=O)NCc3cccnc3OC)=CC2)cc1. The molecule has 20 nitrogen and oxygen atoms in total. The van der Waals surface area contributed by atoms with Gasteiger partial charge in [-0.25, -0.2) is 29.9 Å². The van der Waals surface area contributed by atoms with E-state index >= 15 is 0 Å². The predicted molar refractivity (Wildman–Crippen MR) is 332 cm³/mol. The molecule has 0 saturated carbocycles. The Morgan fingerprint density at radius 2 is 0.812 bits per heavy atom. The number of allylic oxidation sites excluding steroid dienone is 3. The molecular formula is C64H68ClN13O7. The molecule has 0 bridgehead atoms. The fraction of sp³-hybridized carbons (Fsp3) is 0.250. The maximum atomic E-state index is 12.5. The van der Waals surface area contributed by atoms with Crippen molar-refractivity contribution in [3.63, 3.8) is 0 Å². The minimum absolute atomic E-state index is 0.0558. The third-order valence-electron chi connectivity index (χ3n) is 13.8. The lowest BCUT2D eigenvalue weighted by atomic mass is 10.1. The Morgan fingerprint density at radius 1 is 0.482 bits per heavy atom. The van der Waals surface area contributed by atoms with Crippen molar-refractivity contribution in [2.24, 2.45) is 15.0 Å². The number of aliphatic imine (C=N–C) groups is 3. The van der Waals surface area contributed by atoms with Crippen LogP contribution in [0.2, 0.25) is 5.15 Å². The average Bonchev–Trinajstić information content (AvgIpc) is 4.57. The molecule has 3 aliphatic heterocycles. The molecule has 0 saturated heterocycles. The molecule has 6 amide bonds. The highest BCUT2D eigenvalue weighted by atomic mass is 35.5. The van der Waals surface area contributed by atoms with Crippen LogP contribution in [0.4, 0.5) is 22.9 Å². The summed E-state index contributed by atoms with van der Waals surface area (Å²) in [6.45, 7) is 6.41. The van der Waals surface area contributed by atoms with E-state index in [9.17, 15) is 28.8 Å². The minimum Gasteiger partial charge on any atom is -0.481 e. The Morgan fingerprint density at radius 3 is 1.16 bits per heavy atom. The molecule has 0 fully saturated rings. The summed E-state index contributed by atoms with van der Waals surface area (Å²) >= 11 is 6.01. The molecule has 9 rings (SSSR count). The van der Waals surface area contributed by atoms with Crippen molar-refractivity contribution in [3.8, 4) is 5.88 Å². The molecule has 6 heterocycles. The van der Waals surface area contributed by atoms with Crippen molar-refractivity contribution in [3.05, 3.63) is 202 Å². The molecule has 0 spiro atoms. The molecule has 3 aromatic heterocycles. The van der Waals surface area contributed by atoms with Gasteiger partial charge in [0.15, 0.2) is 0 Å². The zero-order chi connectivity index (χ0) is 61.0. The van der Waals surface area contributed by atoms with E-state index in [-0.39, 0.29) is 35.4 Å². The van der Waals surface area contributed by atoms with Gasteiger partial charge in [-0.3, -0.25) is 28.8 Å². The molecule has 3 aliphatic rings.